The highest BCUT2D eigenvalue weighted by molar-refractivity contribution is 5.91. The molecule has 0 saturated heterocycles. The highest BCUT2D eigenvalue weighted by Crippen LogP contribution is 2.25. The average Bonchev–Trinajstić information content (AvgIpc) is 2.27. The average molecular weight is 199 g/mol. The first-order valence-corrected chi connectivity index (χ1v) is 4.16. The van der Waals surface area contributed by atoms with Crippen molar-refractivity contribution in [3.8, 4) is 6.07 Å². The van der Waals surface area contributed by atoms with Crippen molar-refractivity contribution in [3.63, 3.8) is 0 Å². The molecule has 2 rings (SSSR count). The molecule has 5 heteroatoms. The van der Waals surface area contributed by atoms with Gasteiger partial charge in [-0.1, -0.05) is 0 Å². The molecular formula is C10H5N3O2. The minimum absolute atomic E-state index is 0.0305. The molecule has 1 heterocycles. The molecule has 0 aliphatic heterocycles. The van der Waals surface area contributed by atoms with Crippen molar-refractivity contribution in [3.05, 3.63) is 46.1 Å². The van der Waals surface area contributed by atoms with E-state index < -0.39 is 4.92 Å². The van der Waals surface area contributed by atoms with Crippen LogP contribution in [0, 0.1) is 21.4 Å². The molecule has 0 amide bonds. The maximum Gasteiger partial charge on any atom is 0.278 e. The molecule has 0 saturated carbocycles. The van der Waals surface area contributed by atoms with Gasteiger partial charge in [-0.2, -0.15) is 5.26 Å². The van der Waals surface area contributed by atoms with Crippen molar-refractivity contribution >= 4 is 16.6 Å². The van der Waals surface area contributed by atoms with E-state index in [0.29, 0.717) is 16.5 Å². The molecule has 1 aromatic carbocycles. The molecular weight excluding hydrogens is 194 g/mol. The molecule has 2 aromatic rings. The van der Waals surface area contributed by atoms with Crippen molar-refractivity contribution in [2.24, 2.45) is 0 Å². The van der Waals surface area contributed by atoms with Gasteiger partial charge in [-0.15, -0.1) is 0 Å². The Labute approximate surface area is 84.7 Å². The molecule has 72 valence electrons. The summed E-state index contributed by atoms with van der Waals surface area (Å²) in [4.78, 5) is 14.2. The summed E-state index contributed by atoms with van der Waals surface area (Å²) < 4.78 is 0. The first-order valence-electron chi connectivity index (χ1n) is 4.16. The standard InChI is InChI=1S/C10H5N3O2/c11-6-7-3-4-9(13(14)15)8-2-1-5-12-10(7)8/h1-5H. The van der Waals surface area contributed by atoms with Crippen molar-refractivity contribution in [1.29, 1.82) is 5.26 Å². The van der Waals surface area contributed by atoms with Gasteiger partial charge in [0.1, 0.15) is 6.07 Å². The van der Waals surface area contributed by atoms with Crippen molar-refractivity contribution < 1.29 is 4.92 Å². The molecule has 0 aliphatic rings. The number of benzene rings is 1. The number of hydrogen-bond donors (Lipinski definition) is 0. The monoisotopic (exact) mass is 199 g/mol. The smallest absolute Gasteiger partial charge is 0.258 e. The number of pyridine rings is 1. The van der Waals surface area contributed by atoms with Crippen LogP contribution in [0.25, 0.3) is 10.9 Å². The quantitative estimate of drug-likeness (QED) is 0.519. The van der Waals surface area contributed by atoms with Gasteiger partial charge in [0.25, 0.3) is 5.69 Å². The summed E-state index contributed by atoms with van der Waals surface area (Å²) in [5, 5.41) is 19.9. The van der Waals surface area contributed by atoms with Crippen molar-refractivity contribution in [2.45, 2.75) is 0 Å². The van der Waals surface area contributed by atoms with Crippen LogP contribution >= 0.6 is 0 Å². The van der Waals surface area contributed by atoms with Crippen LogP contribution in [0.2, 0.25) is 0 Å². The van der Waals surface area contributed by atoms with Gasteiger partial charge in [0, 0.05) is 12.3 Å². The van der Waals surface area contributed by atoms with Gasteiger partial charge in [0.15, 0.2) is 0 Å². The third-order valence-corrected chi connectivity index (χ3v) is 2.06. The fraction of sp³-hybridized carbons (Fsp3) is 0. The van der Waals surface area contributed by atoms with Gasteiger partial charge < -0.3 is 0 Å². The van der Waals surface area contributed by atoms with Crippen LogP contribution in [-0.4, -0.2) is 9.91 Å². The lowest BCUT2D eigenvalue weighted by molar-refractivity contribution is -0.383. The zero-order chi connectivity index (χ0) is 10.8. The molecule has 0 unspecified atom stereocenters. The molecule has 0 radical (unpaired) electrons. The lowest BCUT2D eigenvalue weighted by Gasteiger charge is -1.99. The summed E-state index contributed by atoms with van der Waals surface area (Å²) in [6.07, 6.45) is 1.51. The number of aromatic nitrogens is 1. The van der Waals surface area contributed by atoms with E-state index in [2.05, 4.69) is 4.98 Å². The van der Waals surface area contributed by atoms with Gasteiger partial charge >= 0.3 is 0 Å². The highest BCUT2D eigenvalue weighted by Gasteiger charge is 2.14. The molecule has 15 heavy (non-hydrogen) atoms. The van der Waals surface area contributed by atoms with Crippen LogP contribution < -0.4 is 0 Å². The van der Waals surface area contributed by atoms with Crippen LogP contribution in [0.1, 0.15) is 5.56 Å². The zero-order valence-electron chi connectivity index (χ0n) is 7.54. The van der Waals surface area contributed by atoms with E-state index >= 15 is 0 Å². The van der Waals surface area contributed by atoms with Crippen LogP contribution in [0.5, 0.6) is 0 Å². The fourth-order valence-electron chi connectivity index (χ4n) is 1.41. The molecule has 0 spiro atoms. The highest BCUT2D eigenvalue weighted by atomic mass is 16.6. The molecule has 0 atom stereocenters. The van der Waals surface area contributed by atoms with E-state index in [-0.39, 0.29) is 5.69 Å². The Morgan fingerprint density at radius 2 is 2.20 bits per heavy atom. The van der Waals surface area contributed by atoms with Crippen molar-refractivity contribution in [2.75, 3.05) is 0 Å². The van der Waals surface area contributed by atoms with E-state index in [4.69, 9.17) is 5.26 Å². The topological polar surface area (TPSA) is 79.8 Å². The normalized spacial score (nSPS) is 9.80. The Kier molecular flexibility index (Phi) is 2.03. The molecule has 0 bridgehead atoms. The Bertz CT molecular complexity index is 587. The summed E-state index contributed by atoms with van der Waals surface area (Å²) in [6.45, 7) is 0. The number of nitrogens with zero attached hydrogens (tertiary/aromatic N) is 3. The fourth-order valence-corrected chi connectivity index (χ4v) is 1.41. The SMILES string of the molecule is N#Cc1ccc([N+](=O)[O-])c2cccnc12. The van der Waals surface area contributed by atoms with E-state index in [0.717, 1.165) is 0 Å². The van der Waals surface area contributed by atoms with Gasteiger partial charge in [0.2, 0.25) is 0 Å². The second-order valence-electron chi connectivity index (χ2n) is 2.90. The summed E-state index contributed by atoms with van der Waals surface area (Å²) in [5.41, 5.74) is 0.683. The molecule has 5 nitrogen and oxygen atoms in total. The lowest BCUT2D eigenvalue weighted by Crippen LogP contribution is -1.92. The van der Waals surface area contributed by atoms with E-state index in [1.54, 1.807) is 12.1 Å². The number of non-ortho nitro benzene ring substituents is 1. The van der Waals surface area contributed by atoms with Gasteiger partial charge in [-0.05, 0) is 18.2 Å². The van der Waals surface area contributed by atoms with Gasteiger partial charge in [0.05, 0.1) is 21.4 Å². The second kappa shape index (κ2) is 3.35. The number of nitriles is 1. The molecule has 0 fully saturated rings. The third-order valence-electron chi connectivity index (χ3n) is 2.06. The largest absolute Gasteiger partial charge is 0.278 e. The van der Waals surface area contributed by atoms with Gasteiger partial charge in [-0.3, -0.25) is 15.1 Å². The lowest BCUT2D eigenvalue weighted by atomic mass is 10.1. The number of nitro benzene ring substituents is 1. The summed E-state index contributed by atoms with van der Waals surface area (Å²) in [7, 11) is 0. The third kappa shape index (κ3) is 1.38. The molecule has 0 aliphatic carbocycles. The maximum absolute atomic E-state index is 10.7. The Hall–Kier alpha value is -2.48. The predicted molar refractivity (Wildman–Crippen MR) is 53.1 cm³/mol. The zero-order valence-corrected chi connectivity index (χ0v) is 7.54. The molecule has 1 aromatic heterocycles. The number of rotatable bonds is 1. The van der Waals surface area contributed by atoms with E-state index in [1.165, 1.54) is 18.3 Å². The number of fused-ring (bicyclic) bond motifs is 1. The predicted octanol–water partition coefficient (Wildman–Crippen LogP) is 2.01. The Balaban J connectivity index is 2.91. The van der Waals surface area contributed by atoms with Crippen LogP contribution in [0.4, 0.5) is 5.69 Å². The Morgan fingerprint density at radius 3 is 2.87 bits per heavy atom. The minimum Gasteiger partial charge on any atom is -0.258 e. The first kappa shape index (κ1) is 9.09. The number of nitro groups is 1. The van der Waals surface area contributed by atoms with Crippen LogP contribution in [-0.2, 0) is 0 Å². The minimum atomic E-state index is -0.481. The summed E-state index contributed by atoms with van der Waals surface area (Å²) in [5.74, 6) is 0. The van der Waals surface area contributed by atoms with Crippen LogP contribution in [0.3, 0.4) is 0 Å². The Morgan fingerprint density at radius 1 is 1.40 bits per heavy atom. The van der Waals surface area contributed by atoms with E-state index in [1.807, 2.05) is 6.07 Å². The van der Waals surface area contributed by atoms with Gasteiger partial charge in [-0.25, -0.2) is 0 Å². The molecule has 0 N–H and O–H groups in total. The second-order valence-corrected chi connectivity index (χ2v) is 2.90. The maximum atomic E-state index is 10.7. The summed E-state index contributed by atoms with van der Waals surface area (Å²) in [6, 6.07) is 7.88. The summed E-state index contributed by atoms with van der Waals surface area (Å²) >= 11 is 0. The van der Waals surface area contributed by atoms with Crippen LogP contribution in [0.15, 0.2) is 30.5 Å². The van der Waals surface area contributed by atoms with Crippen molar-refractivity contribution in [1.82, 2.24) is 4.98 Å². The number of hydrogen-bond acceptors (Lipinski definition) is 4. The first-order chi connectivity index (χ1) is 7.24. The van der Waals surface area contributed by atoms with E-state index in [9.17, 15) is 10.1 Å².